The summed E-state index contributed by atoms with van der Waals surface area (Å²) in [6.45, 7) is 1.48. The Balaban J connectivity index is 2.19. The molecule has 0 radical (unpaired) electrons. The van der Waals surface area contributed by atoms with Gasteiger partial charge in [0.25, 0.3) is 0 Å². The number of methoxy groups -OCH3 is 1. The number of carbonyl (C=O) groups is 1. The molecule has 2 aromatic carbocycles. The molecule has 0 saturated carbocycles. The van der Waals surface area contributed by atoms with Crippen molar-refractivity contribution < 1.29 is 18.7 Å². The van der Waals surface area contributed by atoms with Crippen LogP contribution in [-0.4, -0.2) is 12.9 Å². The number of carbonyl (C=O) groups excluding carboxylic acids is 1. The van der Waals surface area contributed by atoms with Gasteiger partial charge in [-0.3, -0.25) is 4.79 Å². The number of ketones is 1. The first-order chi connectivity index (χ1) is 10.0. The predicted octanol–water partition coefficient (Wildman–Crippen LogP) is 4.27. The summed E-state index contributed by atoms with van der Waals surface area (Å²) < 4.78 is 24.3. The average molecular weight is 309 g/mol. The monoisotopic (exact) mass is 308 g/mol. The van der Waals surface area contributed by atoms with Crippen LogP contribution < -0.4 is 9.47 Å². The van der Waals surface area contributed by atoms with Crippen LogP contribution in [0.5, 0.6) is 11.5 Å². The van der Waals surface area contributed by atoms with Gasteiger partial charge in [-0.25, -0.2) is 4.39 Å². The number of rotatable bonds is 5. The van der Waals surface area contributed by atoms with Gasteiger partial charge in [0.2, 0.25) is 0 Å². The lowest BCUT2D eigenvalue weighted by Gasteiger charge is -2.12. The van der Waals surface area contributed by atoms with Gasteiger partial charge in [-0.2, -0.15) is 0 Å². The zero-order valence-electron chi connectivity index (χ0n) is 11.7. The van der Waals surface area contributed by atoms with E-state index in [9.17, 15) is 9.18 Å². The number of halogens is 2. The van der Waals surface area contributed by atoms with Crippen molar-refractivity contribution in [2.45, 2.75) is 13.5 Å². The predicted molar refractivity (Wildman–Crippen MR) is 78.7 cm³/mol. The summed E-state index contributed by atoms with van der Waals surface area (Å²) in [5.74, 6) is 0.395. The molecule has 0 spiro atoms. The molecule has 0 unspecified atom stereocenters. The minimum absolute atomic E-state index is 0.0160. The molecular formula is C16H14ClFO3. The molecule has 0 aliphatic heterocycles. The van der Waals surface area contributed by atoms with E-state index in [0.29, 0.717) is 27.6 Å². The molecule has 0 aliphatic carbocycles. The van der Waals surface area contributed by atoms with Gasteiger partial charge in [0.05, 0.1) is 7.11 Å². The van der Waals surface area contributed by atoms with E-state index in [1.54, 1.807) is 18.2 Å². The molecule has 2 aromatic rings. The number of benzene rings is 2. The lowest BCUT2D eigenvalue weighted by molar-refractivity contribution is 0.101. The molecule has 0 N–H and O–H groups in total. The molecule has 0 fully saturated rings. The van der Waals surface area contributed by atoms with Crippen LogP contribution in [0.4, 0.5) is 4.39 Å². The summed E-state index contributed by atoms with van der Waals surface area (Å²) in [5, 5.41) is 0.439. The Morgan fingerprint density at radius 2 is 1.95 bits per heavy atom. The van der Waals surface area contributed by atoms with E-state index in [4.69, 9.17) is 21.1 Å². The highest BCUT2D eigenvalue weighted by molar-refractivity contribution is 6.30. The van der Waals surface area contributed by atoms with Crippen molar-refractivity contribution in [1.29, 1.82) is 0 Å². The van der Waals surface area contributed by atoms with E-state index >= 15 is 0 Å². The third kappa shape index (κ3) is 3.73. The molecular weight excluding hydrogens is 295 g/mol. The first-order valence-electron chi connectivity index (χ1n) is 6.27. The second-order valence-corrected chi connectivity index (χ2v) is 4.88. The quantitative estimate of drug-likeness (QED) is 0.774. The Labute approximate surface area is 127 Å². The molecule has 0 heterocycles. The molecule has 2 rings (SSSR count). The van der Waals surface area contributed by atoms with E-state index in [-0.39, 0.29) is 12.4 Å². The summed E-state index contributed by atoms with van der Waals surface area (Å²) in [6, 6.07) is 9.12. The molecule has 0 atom stereocenters. The SMILES string of the molecule is COc1cc(C(C)=O)ccc1OCc1cc(Cl)ccc1F. The number of hydrogen-bond donors (Lipinski definition) is 0. The topological polar surface area (TPSA) is 35.5 Å². The zero-order valence-corrected chi connectivity index (χ0v) is 12.4. The maximum Gasteiger partial charge on any atom is 0.161 e. The Bertz CT molecular complexity index is 671. The maximum atomic E-state index is 13.6. The fraction of sp³-hybridized carbons (Fsp3) is 0.188. The highest BCUT2D eigenvalue weighted by Gasteiger charge is 2.10. The van der Waals surface area contributed by atoms with Gasteiger partial charge in [0, 0.05) is 16.1 Å². The summed E-state index contributed by atoms with van der Waals surface area (Å²) in [7, 11) is 1.48. The van der Waals surface area contributed by atoms with Gasteiger partial charge in [-0.1, -0.05) is 11.6 Å². The largest absolute Gasteiger partial charge is 0.493 e. The number of Topliss-reactive ketones (excluding diaryl/α,β-unsaturated/α-hetero) is 1. The molecule has 3 nitrogen and oxygen atoms in total. The fourth-order valence-electron chi connectivity index (χ4n) is 1.82. The van der Waals surface area contributed by atoms with Gasteiger partial charge >= 0.3 is 0 Å². The Kier molecular flexibility index (Phi) is 4.81. The van der Waals surface area contributed by atoms with E-state index in [1.165, 1.54) is 32.2 Å². The second kappa shape index (κ2) is 6.59. The van der Waals surface area contributed by atoms with Crippen molar-refractivity contribution in [3.8, 4) is 11.5 Å². The summed E-state index contributed by atoms with van der Waals surface area (Å²) >= 11 is 5.83. The van der Waals surface area contributed by atoms with Crippen LogP contribution in [0.2, 0.25) is 5.02 Å². The van der Waals surface area contributed by atoms with Crippen LogP contribution in [0, 0.1) is 5.82 Å². The van der Waals surface area contributed by atoms with E-state index < -0.39 is 5.82 Å². The lowest BCUT2D eigenvalue weighted by Crippen LogP contribution is -2.01. The van der Waals surface area contributed by atoms with Crippen LogP contribution in [0.1, 0.15) is 22.8 Å². The van der Waals surface area contributed by atoms with E-state index in [0.717, 1.165) is 0 Å². The van der Waals surface area contributed by atoms with Gasteiger partial charge in [-0.05, 0) is 43.3 Å². The molecule has 0 saturated heterocycles. The van der Waals surface area contributed by atoms with Crippen molar-refractivity contribution in [3.63, 3.8) is 0 Å². The molecule has 21 heavy (non-hydrogen) atoms. The zero-order chi connectivity index (χ0) is 15.4. The van der Waals surface area contributed by atoms with Crippen molar-refractivity contribution in [2.24, 2.45) is 0 Å². The van der Waals surface area contributed by atoms with Crippen molar-refractivity contribution in [1.82, 2.24) is 0 Å². The third-order valence-corrected chi connectivity index (χ3v) is 3.20. The van der Waals surface area contributed by atoms with Gasteiger partial charge in [-0.15, -0.1) is 0 Å². The van der Waals surface area contributed by atoms with Crippen molar-refractivity contribution in [2.75, 3.05) is 7.11 Å². The van der Waals surface area contributed by atoms with Crippen molar-refractivity contribution >= 4 is 17.4 Å². The van der Waals surface area contributed by atoms with Crippen LogP contribution in [0.3, 0.4) is 0 Å². The van der Waals surface area contributed by atoms with Crippen LogP contribution in [0.15, 0.2) is 36.4 Å². The Morgan fingerprint density at radius 1 is 1.19 bits per heavy atom. The van der Waals surface area contributed by atoms with Crippen LogP contribution in [-0.2, 0) is 6.61 Å². The Morgan fingerprint density at radius 3 is 2.62 bits per heavy atom. The normalized spacial score (nSPS) is 10.3. The number of ether oxygens (including phenoxy) is 2. The highest BCUT2D eigenvalue weighted by atomic mass is 35.5. The average Bonchev–Trinajstić information content (AvgIpc) is 2.47. The third-order valence-electron chi connectivity index (χ3n) is 2.96. The molecule has 0 amide bonds. The molecule has 110 valence electrons. The molecule has 0 aliphatic rings. The minimum Gasteiger partial charge on any atom is -0.493 e. The standard InChI is InChI=1S/C16H14ClFO3/c1-10(19)11-3-6-15(16(8-11)20-2)21-9-12-7-13(17)4-5-14(12)18/h3-8H,9H2,1-2H3. The fourth-order valence-corrected chi connectivity index (χ4v) is 2.01. The highest BCUT2D eigenvalue weighted by Crippen LogP contribution is 2.29. The lowest BCUT2D eigenvalue weighted by atomic mass is 10.1. The summed E-state index contributed by atoms with van der Waals surface area (Å²) in [4.78, 5) is 11.3. The van der Waals surface area contributed by atoms with Gasteiger partial charge in [0.1, 0.15) is 12.4 Å². The van der Waals surface area contributed by atoms with Crippen LogP contribution in [0.25, 0.3) is 0 Å². The smallest absolute Gasteiger partial charge is 0.161 e. The van der Waals surface area contributed by atoms with Gasteiger partial charge in [0.15, 0.2) is 17.3 Å². The molecule has 5 heteroatoms. The van der Waals surface area contributed by atoms with Crippen molar-refractivity contribution in [3.05, 3.63) is 58.4 Å². The minimum atomic E-state index is -0.390. The first kappa shape index (κ1) is 15.3. The summed E-state index contributed by atoms with van der Waals surface area (Å²) in [5.41, 5.74) is 0.869. The molecule has 0 bridgehead atoms. The van der Waals surface area contributed by atoms with E-state index in [1.807, 2.05) is 0 Å². The maximum absolute atomic E-state index is 13.6. The summed E-state index contributed by atoms with van der Waals surface area (Å²) in [6.07, 6.45) is 0. The molecule has 0 aromatic heterocycles. The van der Waals surface area contributed by atoms with E-state index in [2.05, 4.69) is 0 Å². The number of hydrogen-bond acceptors (Lipinski definition) is 3. The Hall–Kier alpha value is -2.07. The second-order valence-electron chi connectivity index (χ2n) is 4.45. The van der Waals surface area contributed by atoms with Crippen LogP contribution >= 0.6 is 11.6 Å². The van der Waals surface area contributed by atoms with Gasteiger partial charge < -0.3 is 9.47 Å². The first-order valence-corrected chi connectivity index (χ1v) is 6.64.